The molecule has 1 saturated heterocycles. The van der Waals surface area contributed by atoms with E-state index in [0.717, 1.165) is 50.1 Å². The van der Waals surface area contributed by atoms with Crippen LogP contribution in [0.3, 0.4) is 0 Å². The van der Waals surface area contributed by atoms with E-state index in [4.69, 9.17) is 0 Å². The van der Waals surface area contributed by atoms with Gasteiger partial charge in [-0.2, -0.15) is 0 Å². The molecule has 0 radical (unpaired) electrons. The Bertz CT molecular complexity index is 959. The van der Waals surface area contributed by atoms with E-state index >= 15 is 0 Å². The maximum atomic E-state index is 13.4. The molecule has 2 aromatic rings. The van der Waals surface area contributed by atoms with Crippen molar-refractivity contribution in [1.82, 2.24) is 19.4 Å². The van der Waals surface area contributed by atoms with Gasteiger partial charge in [0.25, 0.3) is 5.91 Å². The molecule has 0 spiro atoms. The maximum absolute atomic E-state index is 13.4. The van der Waals surface area contributed by atoms with Crippen molar-refractivity contribution in [3.05, 3.63) is 34.2 Å². The summed E-state index contributed by atoms with van der Waals surface area (Å²) in [4.78, 5) is 28.6. The molecule has 1 aliphatic heterocycles. The number of imidazole rings is 1. The lowest BCUT2D eigenvalue weighted by Gasteiger charge is -2.23. The zero-order chi connectivity index (χ0) is 20.5. The Hall–Kier alpha value is -2.08. The zero-order valence-corrected chi connectivity index (χ0v) is 17.9. The first-order valence-electron chi connectivity index (χ1n) is 12.0. The molecule has 5 rings (SSSR count). The summed E-state index contributed by atoms with van der Waals surface area (Å²) in [6, 6.07) is 6.15. The molecule has 3 fully saturated rings. The predicted octanol–water partition coefficient (Wildman–Crippen LogP) is 3.54. The lowest BCUT2D eigenvalue weighted by atomic mass is 9.95. The van der Waals surface area contributed by atoms with Crippen molar-refractivity contribution in [2.24, 2.45) is 5.92 Å². The number of carbonyl (C=O) groups is 1. The first-order valence-corrected chi connectivity index (χ1v) is 12.0. The Balaban J connectivity index is 1.40. The molecule has 6 nitrogen and oxygen atoms in total. The van der Waals surface area contributed by atoms with Crippen molar-refractivity contribution in [1.29, 1.82) is 0 Å². The summed E-state index contributed by atoms with van der Waals surface area (Å²) < 4.78 is 3.98. The molecule has 2 heterocycles. The predicted molar refractivity (Wildman–Crippen MR) is 119 cm³/mol. The highest BCUT2D eigenvalue weighted by atomic mass is 16.2. The zero-order valence-electron chi connectivity index (χ0n) is 17.9. The number of nitrogens with zero attached hydrogens (tertiary/aromatic N) is 3. The van der Waals surface area contributed by atoms with Crippen LogP contribution in [0, 0.1) is 5.92 Å². The third kappa shape index (κ3) is 4.07. The topological polar surface area (TPSA) is 59.3 Å². The normalized spacial score (nSPS) is 20.8. The minimum Gasteiger partial charge on any atom is -0.351 e. The summed E-state index contributed by atoms with van der Waals surface area (Å²) in [5.41, 5.74) is 2.72. The summed E-state index contributed by atoms with van der Waals surface area (Å²) in [6.07, 6.45) is 10.8. The van der Waals surface area contributed by atoms with Gasteiger partial charge in [-0.05, 0) is 75.7 Å². The fourth-order valence-electron chi connectivity index (χ4n) is 5.28. The van der Waals surface area contributed by atoms with Gasteiger partial charge in [0, 0.05) is 31.2 Å². The smallest absolute Gasteiger partial charge is 0.329 e. The average molecular weight is 411 g/mol. The van der Waals surface area contributed by atoms with Gasteiger partial charge < -0.3 is 10.2 Å². The Morgan fingerprint density at radius 1 is 0.967 bits per heavy atom. The van der Waals surface area contributed by atoms with Crippen molar-refractivity contribution in [3.63, 3.8) is 0 Å². The molecule has 0 atom stereocenters. The fourth-order valence-corrected chi connectivity index (χ4v) is 5.28. The van der Waals surface area contributed by atoms with Gasteiger partial charge in [-0.25, -0.2) is 4.79 Å². The summed E-state index contributed by atoms with van der Waals surface area (Å²) in [5, 5.41) is 3.07. The van der Waals surface area contributed by atoms with E-state index < -0.39 is 0 Å². The Labute approximate surface area is 178 Å². The van der Waals surface area contributed by atoms with E-state index in [-0.39, 0.29) is 11.6 Å². The Morgan fingerprint density at radius 3 is 2.47 bits per heavy atom. The number of carbonyl (C=O) groups excluding carboxylic acids is 1. The summed E-state index contributed by atoms with van der Waals surface area (Å²) in [5.74, 6) is 0.581. The van der Waals surface area contributed by atoms with Crippen LogP contribution in [0.2, 0.25) is 0 Å². The van der Waals surface area contributed by atoms with Crippen LogP contribution in [0.25, 0.3) is 11.0 Å². The van der Waals surface area contributed by atoms with Gasteiger partial charge in [-0.1, -0.05) is 19.3 Å². The SMILES string of the molecule is O=C(NCCN1CCCC1)c1ccc2c(c1)n(CC1CC1)c(=O)n2C1CCCCC1. The molecule has 162 valence electrons. The molecule has 0 bridgehead atoms. The number of likely N-dealkylation sites (tertiary alicyclic amines) is 1. The van der Waals surface area contributed by atoms with Crippen LogP contribution < -0.4 is 11.0 Å². The first-order chi connectivity index (χ1) is 14.7. The van der Waals surface area contributed by atoms with E-state index in [9.17, 15) is 9.59 Å². The molecule has 1 aromatic heterocycles. The van der Waals surface area contributed by atoms with Gasteiger partial charge in [-0.3, -0.25) is 13.9 Å². The van der Waals surface area contributed by atoms with Gasteiger partial charge in [-0.15, -0.1) is 0 Å². The maximum Gasteiger partial charge on any atom is 0.329 e. The number of hydrogen-bond acceptors (Lipinski definition) is 3. The molecule has 1 aromatic carbocycles. The van der Waals surface area contributed by atoms with Crippen molar-refractivity contribution in [2.75, 3.05) is 26.2 Å². The molecule has 30 heavy (non-hydrogen) atoms. The van der Waals surface area contributed by atoms with Gasteiger partial charge in [0.15, 0.2) is 0 Å². The van der Waals surface area contributed by atoms with Crippen molar-refractivity contribution in [3.8, 4) is 0 Å². The van der Waals surface area contributed by atoms with Crippen LogP contribution in [-0.4, -0.2) is 46.1 Å². The molecule has 3 aliphatic rings. The van der Waals surface area contributed by atoms with Crippen LogP contribution in [0.1, 0.15) is 74.2 Å². The van der Waals surface area contributed by atoms with Crippen LogP contribution in [0.5, 0.6) is 0 Å². The Morgan fingerprint density at radius 2 is 1.73 bits per heavy atom. The van der Waals surface area contributed by atoms with Crippen LogP contribution in [0.15, 0.2) is 23.0 Å². The molecule has 2 aliphatic carbocycles. The molecular formula is C24H34N4O2. The molecule has 0 unspecified atom stereocenters. The minimum absolute atomic E-state index is 0.0352. The number of amides is 1. The van der Waals surface area contributed by atoms with E-state index in [2.05, 4.69) is 10.2 Å². The highest BCUT2D eigenvalue weighted by Gasteiger charge is 2.27. The number of rotatable bonds is 7. The third-order valence-corrected chi connectivity index (χ3v) is 7.21. The van der Waals surface area contributed by atoms with Crippen molar-refractivity contribution < 1.29 is 4.79 Å². The molecule has 2 saturated carbocycles. The van der Waals surface area contributed by atoms with Crippen LogP contribution in [0.4, 0.5) is 0 Å². The standard InChI is InChI=1S/C24H34N4O2/c29-23(25-12-15-26-13-4-5-14-26)19-10-11-21-22(16-19)27(17-18-8-9-18)24(30)28(21)20-6-2-1-3-7-20/h10-11,16,18,20H,1-9,12-15,17H2,(H,25,29). The van der Waals surface area contributed by atoms with E-state index in [0.29, 0.717) is 24.1 Å². The quantitative estimate of drug-likeness (QED) is 0.759. The molecular weight excluding hydrogens is 376 g/mol. The molecule has 6 heteroatoms. The lowest BCUT2D eigenvalue weighted by molar-refractivity contribution is 0.0950. The van der Waals surface area contributed by atoms with Gasteiger partial charge in [0.2, 0.25) is 0 Å². The second-order valence-electron chi connectivity index (χ2n) is 9.51. The molecule has 1 amide bonds. The van der Waals surface area contributed by atoms with Gasteiger partial charge in [0.05, 0.1) is 11.0 Å². The fraction of sp³-hybridized carbons (Fsp3) is 0.667. The van der Waals surface area contributed by atoms with Crippen LogP contribution in [-0.2, 0) is 6.54 Å². The lowest BCUT2D eigenvalue weighted by Crippen LogP contribution is -2.33. The largest absolute Gasteiger partial charge is 0.351 e. The van der Waals surface area contributed by atoms with Crippen molar-refractivity contribution >= 4 is 16.9 Å². The van der Waals surface area contributed by atoms with E-state index in [1.807, 2.05) is 27.3 Å². The second kappa shape index (κ2) is 8.58. The highest BCUT2D eigenvalue weighted by Crippen LogP contribution is 2.33. The number of fused-ring (bicyclic) bond motifs is 1. The number of benzene rings is 1. The molecule has 1 N–H and O–H groups in total. The van der Waals surface area contributed by atoms with Gasteiger partial charge >= 0.3 is 5.69 Å². The van der Waals surface area contributed by atoms with E-state index in [1.165, 1.54) is 44.9 Å². The third-order valence-electron chi connectivity index (χ3n) is 7.21. The number of nitrogens with one attached hydrogen (secondary N) is 1. The highest BCUT2D eigenvalue weighted by molar-refractivity contribution is 5.97. The number of aromatic nitrogens is 2. The minimum atomic E-state index is -0.0352. The Kier molecular flexibility index (Phi) is 5.68. The average Bonchev–Trinajstić information content (AvgIpc) is 3.36. The summed E-state index contributed by atoms with van der Waals surface area (Å²) >= 11 is 0. The number of hydrogen-bond donors (Lipinski definition) is 1. The summed E-state index contributed by atoms with van der Waals surface area (Å²) in [7, 11) is 0. The van der Waals surface area contributed by atoms with E-state index in [1.54, 1.807) is 0 Å². The second-order valence-corrected chi connectivity index (χ2v) is 9.51. The van der Waals surface area contributed by atoms with Crippen LogP contribution >= 0.6 is 0 Å². The first kappa shape index (κ1) is 19.9. The van der Waals surface area contributed by atoms with Crippen molar-refractivity contribution in [2.45, 2.75) is 70.4 Å². The van der Waals surface area contributed by atoms with Gasteiger partial charge in [0.1, 0.15) is 0 Å². The monoisotopic (exact) mass is 410 g/mol. The summed E-state index contributed by atoms with van der Waals surface area (Å²) in [6.45, 7) is 4.66.